The molecule has 0 spiro atoms. The van der Waals surface area contributed by atoms with Gasteiger partial charge in [0.2, 0.25) is 5.95 Å². The molecule has 1 N–H and O–H groups in total. The second kappa shape index (κ2) is 7.39. The molecule has 2 aromatic heterocycles. The molecule has 0 unspecified atom stereocenters. The van der Waals surface area contributed by atoms with Crippen LogP contribution in [0.3, 0.4) is 0 Å². The number of nitrogens with one attached hydrogen (secondary N) is 1. The SMILES string of the molecule is CCNc1nc(OCCCOC)nc(-n2cccn2)n1. The van der Waals surface area contributed by atoms with E-state index in [2.05, 4.69) is 25.4 Å². The lowest BCUT2D eigenvalue weighted by atomic mass is 10.5. The van der Waals surface area contributed by atoms with Crippen molar-refractivity contribution in [2.75, 3.05) is 32.2 Å². The van der Waals surface area contributed by atoms with Crippen LogP contribution in [0.1, 0.15) is 13.3 Å². The van der Waals surface area contributed by atoms with Crippen LogP contribution >= 0.6 is 0 Å². The maximum Gasteiger partial charge on any atom is 0.323 e. The van der Waals surface area contributed by atoms with Gasteiger partial charge in [0.25, 0.3) is 5.95 Å². The van der Waals surface area contributed by atoms with Crippen molar-refractivity contribution in [1.29, 1.82) is 0 Å². The first-order valence-corrected chi connectivity index (χ1v) is 6.45. The highest BCUT2D eigenvalue weighted by atomic mass is 16.5. The second-order valence-corrected chi connectivity index (χ2v) is 3.92. The number of nitrogens with zero attached hydrogens (tertiary/aromatic N) is 5. The van der Waals surface area contributed by atoms with Crippen LogP contribution in [0.15, 0.2) is 18.5 Å². The minimum atomic E-state index is 0.276. The summed E-state index contributed by atoms with van der Waals surface area (Å²) >= 11 is 0. The number of anilines is 1. The van der Waals surface area contributed by atoms with E-state index >= 15 is 0 Å². The molecule has 2 rings (SSSR count). The lowest BCUT2D eigenvalue weighted by molar-refractivity contribution is 0.168. The maximum absolute atomic E-state index is 5.51. The van der Waals surface area contributed by atoms with Crippen LogP contribution in [0.5, 0.6) is 6.01 Å². The molecule has 0 aliphatic rings. The molecule has 108 valence electrons. The van der Waals surface area contributed by atoms with Gasteiger partial charge in [-0.2, -0.15) is 20.1 Å². The first-order chi connectivity index (χ1) is 9.83. The van der Waals surface area contributed by atoms with Crippen molar-refractivity contribution in [3.8, 4) is 12.0 Å². The van der Waals surface area contributed by atoms with Crippen molar-refractivity contribution in [2.45, 2.75) is 13.3 Å². The number of hydrogen-bond acceptors (Lipinski definition) is 7. The third kappa shape index (κ3) is 3.89. The van der Waals surface area contributed by atoms with Gasteiger partial charge in [0.05, 0.1) is 6.61 Å². The summed E-state index contributed by atoms with van der Waals surface area (Å²) in [5, 5.41) is 7.14. The van der Waals surface area contributed by atoms with Crippen molar-refractivity contribution in [2.24, 2.45) is 0 Å². The van der Waals surface area contributed by atoms with E-state index in [1.165, 1.54) is 0 Å². The molecule has 2 heterocycles. The zero-order valence-corrected chi connectivity index (χ0v) is 11.6. The average Bonchev–Trinajstić information content (AvgIpc) is 2.98. The molecular formula is C12H18N6O2. The Kier molecular flexibility index (Phi) is 5.24. The molecule has 0 aromatic carbocycles. The molecule has 20 heavy (non-hydrogen) atoms. The van der Waals surface area contributed by atoms with Crippen molar-refractivity contribution < 1.29 is 9.47 Å². The van der Waals surface area contributed by atoms with Gasteiger partial charge in [-0.3, -0.25) is 0 Å². The maximum atomic E-state index is 5.51. The summed E-state index contributed by atoms with van der Waals surface area (Å²) in [7, 11) is 1.65. The predicted octanol–water partition coefficient (Wildman–Crippen LogP) is 0.904. The largest absolute Gasteiger partial charge is 0.463 e. The lowest BCUT2D eigenvalue weighted by Gasteiger charge is -2.08. The van der Waals surface area contributed by atoms with E-state index in [4.69, 9.17) is 9.47 Å². The molecule has 8 heteroatoms. The van der Waals surface area contributed by atoms with Crippen LogP contribution in [0.2, 0.25) is 0 Å². The smallest absolute Gasteiger partial charge is 0.323 e. The second-order valence-electron chi connectivity index (χ2n) is 3.92. The fraction of sp³-hybridized carbons (Fsp3) is 0.500. The molecule has 2 aromatic rings. The predicted molar refractivity (Wildman–Crippen MR) is 73.1 cm³/mol. The molecule has 0 fully saturated rings. The molecular weight excluding hydrogens is 260 g/mol. The highest BCUT2D eigenvalue weighted by molar-refractivity contribution is 5.29. The zero-order valence-electron chi connectivity index (χ0n) is 11.6. The zero-order chi connectivity index (χ0) is 14.2. The summed E-state index contributed by atoms with van der Waals surface area (Å²) in [4.78, 5) is 12.7. The lowest BCUT2D eigenvalue weighted by Crippen LogP contribution is -2.12. The van der Waals surface area contributed by atoms with E-state index in [0.29, 0.717) is 31.7 Å². The first kappa shape index (κ1) is 14.2. The highest BCUT2D eigenvalue weighted by Crippen LogP contribution is 2.10. The molecule has 0 saturated heterocycles. The number of aromatic nitrogens is 5. The Labute approximate surface area is 117 Å². The first-order valence-electron chi connectivity index (χ1n) is 6.45. The van der Waals surface area contributed by atoms with Gasteiger partial charge in [0.15, 0.2) is 0 Å². The van der Waals surface area contributed by atoms with Gasteiger partial charge < -0.3 is 14.8 Å². The highest BCUT2D eigenvalue weighted by Gasteiger charge is 2.09. The number of rotatable bonds is 8. The van der Waals surface area contributed by atoms with Gasteiger partial charge in [0, 0.05) is 39.1 Å². The Balaban J connectivity index is 2.13. The molecule has 0 radical (unpaired) electrons. The molecule has 0 bridgehead atoms. The van der Waals surface area contributed by atoms with Crippen LogP contribution in [0.25, 0.3) is 5.95 Å². The minimum Gasteiger partial charge on any atom is -0.463 e. The average molecular weight is 278 g/mol. The third-order valence-electron chi connectivity index (χ3n) is 2.37. The molecule has 0 atom stereocenters. The van der Waals surface area contributed by atoms with E-state index in [9.17, 15) is 0 Å². The Hall–Kier alpha value is -2.22. The van der Waals surface area contributed by atoms with Gasteiger partial charge in [-0.25, -0.2) is 4.68 Å². The van der Waals surface area contributed by atoms with Gasteiger partial charge in [0.1, 0.15) is 0 Å². The van der Waals surface area contributed by atoms with Gasteiger partial charge in [-0.15, -0.1) is 0 Å². The standard InChI is InChI=1S/C12H18N6O2/c1-3-13-10-15-11(18-7-4-6-14-18)17-12(16-10)20-9-5-8-19-2/h4,6-7H,3,5,8-9H2,1-2H3,(H,13,15,16,17). The van der Waals surface area contributed by atoms with Crippen LogP contribution < -0.4 is 10.1 Å². The Morgan fingerprint density at radius 2 is 2.15 bits per heavy atom. The summed E-state index contributed by atoms with van der Waals surface area (Å²) in [6, 6.07) is 2.08. The molecule has 0 aliphatic heterocycles. The summed E-state index contributed by atoms with van der Waals surface area (Å²) < 4.78 is 12.0. The molecule has 0 amide bonds. The number of hydrogen-bond donors (Lipinski definition) is 1. The summed E-state index contributed by atoms with van der Waals surface area (Å²) in [5.74, 6) is 0.887. The van der Waals surface area contributed by atoms with E-state index < -0.39 is 0 Å². The number of methoxy groups -OCH3 is 1. The fourth-order valence-electron chi connectivity index (χ4n) is 1.50. The van der Waals surface area contributed by atoms with Crippen molar-refractivity contribution in [3.05, 3.63) is 18.5 Å². The summed E-state index contributed by atoms with van der Waals surface area (Å²) in [5.41, 5.74) is 0. The van der Waals surface area contributed by atoms with Crippen LogP contribution in [0.4, 0.5) is 5.95 Å². The van der Waals surface area contributed by atoms with Crippen molar-refractivity contribution in [1.82, 2.24) is 24.7 Å². The monoisotopic (exact) mass is 278 g/mol. The third-order valence-corrected chi connectivity index (χ3v) is 2.37. The van der Waals surface area contributed by atoms with E-state index in [0.717, 1.165) is 6.42 Å². The topological polar surface area (TPSA) is 87.0 Å². The summed E-state index contributed by atoms with van der Waals surface area (Å²) in [6.45, 7) is 3.81. The normalized spacial score (nSPS) is 10.5. The van der Waals surface area contributed by atoms with E-state index in [1.807, 2.05) is 6.92 Å². The van der Waals surface area contributed by atoms with Gasteiger partial charge >= 0.3 is 6.01 Å². The number of ether oxygens (including phenoxy) is 2. The quantitative estimate of drug-likeness (QED) is 0.718. The fourth-order valence-corrected chi connectivity index (χ4v) is 1.50. The Morgan fingerprint density at radius 3 is 2.85 bits per heavy atom. The Bertz CT molecular complexity index is 517. The van der Waals surface area contributed by atoms with Crippen LogP contribution in [-0.2, 0) is 4.74 Å². The van der Waals surface area contributed by atoms with Crippen molar-refractivity contribution in [3.63, 3.8) is 0 Å². The van der Waals surface area contributed by atoms with E-state index in [1.54, 1.807) is 30.3 Å². The minimum absolute atomic E-state index is 0.276. The Morgan fingerprint density at radius 1 is 1.25 bits per heavy atom. The van der Waals surface area contributed by atoms with Crippen molar-refractivity contribution >= 4 is 5.95 Å². The molecule has 0 saturated carbocycles. The van der Waals surface area contributed by atoms with Gasteiger partial charge in [-0.1, -0.05) is 0 Å². The van der Waals surface area contributed by atoms with E-state index in [-0.39, 0.29) is 6.01 Å². The van der Waals surface area contributed by atoms with Crippen LogP contribution in [-0.4, -0.2) is 51.6 Å². The molecule has 8 nitrogen and oxygen atoms in total. The van der Waals surface area contributed by atoms with Gasteiger partial charge in [-0.05, 0) is 13.0 Å². The molecule has 0 aliphatic carbocycles. The summed E-state index contributed by atoms with van der Waals surface area (Å²) in [6.07, 6.45) is 4.20. The van der Waals surface area contributed by atoms with Crippen LogP contribution in [0, 0.1) is 0 Å².